The van der Waals surface area contributed by atoms with Crippen LogP contribution in [0, 0.1) is 5.92 Å². The Bertz CT molecular complexity index is 227. The van der Waals surface area contributed by atoms with Crippen molar-refractivity contribution in [2.24, 2.45) is 16.6 Å². The first-order valence-corrected chi connectivity index (χ1v) is 4.27. The number of ether oxygens (including phenoxy) is 1. The van der Waals surface area contributed by atoms with Crippen molar-refractivity contribution in [2.45, 2.75) is 13.8 Å². The second kappa shape index (κ2) is 6.29. The molecule has 0 radical (unpaired) electrons. The fourth-order valence-electron chi connectivity index (χ4n) is 0.808. The summed E-state index contributed by atoms with van der Waals surface area (Å²) in [5.41, 5.74) is 6.13. The number of hydrogen-bond donors (Lipinski definition) is 1. The predicted octanol–water partition coefficient (Wildman–Crippen LogP) is 1.72. The van der Waals surface area contributed by atoms with Crippen LogP contribution in [0.5, 0.6) is 0 Å². The summed E-state index contributed by atoms with van der Waals surface area (Å²) >= 11 is 0. The van der Waals surface area contributed by atoms with Gasteiger partial charge in [-0.1, -0.05) is 19.9 Å². The molecule has 0 aromatic rings. The Hall–Kier alpha value is -1.25. The highest BCUT2D eigenvalue weighted by Gasteiger charge is 2.01. The number of rotatable bonds is 4. The maximum atomic E-state index is 5.36. The van der Waals surface area contributed by atoms with E-state index in [0.717, 1.165) is 5.71 Å². The molecule has 74 valence electrons. The van der Waals surface area contributed by atoms with Gasteiger partial charge in [-0.15, -0.1) is 0 Å². The zero-order valence-electron chi connectivity index (χ0n) is 8.74. The van der Waals surface area contributed by atoms with E-state index in [9.17, 15) is 0 Å². The molecule has 0 aromatic heterocycles. The van der Waals surface area contributed by atoms with Crippen LogP contribution in [0.4, 0.5) is 0 Å². The van der Waals surface area contributed by atoms with Crippen molar-refractivity contribution < 1.29 is 4.74 Å². The van der Waals surface area contributed by atoms with Crippen molar-refractivity contribution in [2.75, 3.05) is 14.2 Å². The molecule has 13 heavy (non-hydrogen) atoms. The predicted molar refractivity (Wildman–Crippen MR) is 56.6 cm³/mol. The van der Waals surface area contributed by atoms with E-state index in [1.54, 1.807) is 14.2 Å². The molecule has 0 aliphatic rings. The van der Waals surface area contributed by atoms with Gasteiger partial charge in [0, 0.05) is 13.2 Å². The Kier molecular flexibility index (Phi) is 5.68. The molecule has 0 aromatic carbocycles. The zero-order valence-corrected chi connectivity index (χ0v) is 8.74. The van der Waals surface area contributed by atoms with Crippen molar-refractivity contribution in [1.29, 1.82) is 0 Å². The molecule has 0 spiro atoms. The van der Waals surface area contributed by atoms with Gasteiger partial charge in [-0.25, -0.2) is 0 Å². The van der Waals surface area contributed by atoms with Gasteiger partial charge >= 0.3 is 0 Å². The van der Waals surface area contributed by atoms with Crippen LogP contribution in [-0.2, 0) is 4.74 Å². The van der Waals surface area contributed by atoms with Crippen LogP contribution >= 0.6 is 0 Å². The number of nitrogens with two attached hydrogens (primary N) is 1. The van der Waals surface area contributed by atoms with E-state index in [0.29, 0.717) is 11.7 Å². The SMILES string of the molecule is CN=C(/C=C\C(C)C)C(=CN)OC. The average Bonchev–Trinajstić information content (AvgIpc) is 2.11. The summed E-state index contributed by atoms with van der Waals surface area (Å²) in [6, 6.07) is 0. The van der Waals surface area contributed by atoms with E-state index in [1.165, 1.54) is 6.20 Å². The lowest BCUT2D eigenvalue weighted by molar-refractivity contribution is 0.314. The summed E-state index contributed by atoms with van der Waals surface area (Å²) < 4.78 is 5.04. The Morgan fingerprint density at radius 2 is 2.08 bits per heavy atom. The highest BCUT2D eigenvalue weighted by Crippen LogP contribution is 2.02. The van der Waals surface area contributed by atoms with Crippen LogP contribution in [0.15, 0.2) is 29.1 Å². The van der Waals surface area contributed by atoms with Gasteiger partial charge in [-0.2, -0.15) is 0 Å². The summed E-state index contributed by atoms with van der Waals surface area (Å²) in [6.45, 7) is 4.20. The van der Waals surface area contributed by atoms with E-state index in [4.69, 9.17) is 10.5 Å². The highest BCUT2D eigenvalue weighted by molar-refractivity contribution is 6.06. The van der Waals surface area contributed by atoms with Crippen molar-refractivity contribution in [3.63, 3.8) is 0 Å². The maximum Gasteiger partial charge on any atom is 0.159 e. The van der Waals surface area contributed by atoms with Gasteiger partial charge in [0.2, 0.25) is 0 Å². The van der Waals surface area contributed by atoms with Gasteiger partial charge in [-0.3, -0.25) is 4.99 Å². The van der Waals surface area contributed by atoms with E-state index in [-0.39, 0.29) is 0 Å². The third-order valence-corrected chi connectivity index (χ3v) is 1.50. The molecule has 0 aliphatic carbocycles. The van der Waals surface area contributed by atoms with E-state index in [2.05, 4.69) is 18.8 Å². The number of allylic oxidation sites excluding steroid dienone is 2. The standard InChI is InChI=1S/C10H18N2O/c1-8(2)5-6-9(12-3)10(7-11)13-4/h5-8H,11H2,1-4H3/b6-5-,10-7?,12-9?. The van der Waals surface area contributed by atoms with E-state index < -0.39 is 0 Å². The summed E-state index contributed by atoms with van der Waals surface area (Å²) in [7, 11) is 3.29. The van der Waals surface area contributed by atoms with E-state index in [1.807, 2.05) is 12.2 Å². The third kappa shape index (κ3) is 4.35. The number of aliphatic imine (C=N–C) groups is 1. The lowest BCUT2D eigenvalue weighted by Crippen LogP contribution is -2.04. The minimum Gasteiger partial charge on any atom is -0.493 e. The van der Waals surface area contributed by atoms with Crippen LogP contribution in [0.25, 0.3) is 0 Å². The Balaban J connectivity index is 4.54. The first-order chi connectivity index (χ1) is 6.15. The molecule has 3 nitrogen and oxygen atoms in total. The molecule has 0 amide bonds. The Morgan fingerprint density at radius 1 is 1.46 bits per heavy atom. The summed E-state index contributed by atoms with van der Waals surface area (Å²) in [5.74, 6) is 1.09. The molecule has 2 N–H and O–H groups in total. The molecule has 0 fully saturated rings. The maximum absolute atomic E-state index is 5.36. The quantitative estimate of drug-likeness (QED) is 0.531. The largest absolute Gasteiger partial charge is 0.493 e. The smallest absolute Gasteiger partial charge is 0.159 e. The summed E-state index contributed by atoms with van der Waals surface area (Å²) in [5, 5.41) is 0. The number of methoxy groups -OCH3 is 1. The molecular weight excluding hydrogens is 164 g/mol. The Morgan fingerprint density at radius 3 is 2.38 bits per heavy atom. The van der Waals surface area contributed by atoms with Gasteiger partial charge in [0.15, 0.2) is 5.76 Å². The molecule has 0 aliphatic heterocycles. The fourth-order valence-corrected chi connectivity index (χ4v) is 0.808. The van der Waals surface area contributed by atoms with Crippen LogP contribution in [-0.4, -0.2) is 19.9 Å². The fraction of sp³-hybridized carbons (Fsp3) is 0.500. The molecule has 3 heteroatoms. The van der Waals surface area contributed by atoms with E-state index >= 15 is 0 Å². The minimum absolute atomic E-state index is 0.493. The third-order valence-electron chi connectivity index (χ3n) is 1.50. The molecule has 0 atom stereocenters. The number of nitrogens with zero attached hydrogens (tertiary/aromatic N) is 1. The van der Waals surface area contributed by atoms with Crippen LogP contribution in [0.3, 0.4) is 0 Å². The highest BCUT2D eigenvalue weighted by atomic mass is 16.5. The van der Waals surface area contributed by atoms with Gasteiger partial charge in [0.25, 0.3) is 0 Å². The second-order valence-electron chi connectivity index (χ2n) is 2.95. The Labute approximate surface area is 80.0 Å². The molecular formula is C10H18N2O. The molecule has 0 bridgehead atoms. The first-order valence-electron chi connectivity index (χ1n) is 4.27. The second-order valence-corrected chi connectivity index (χ2v) is 2.95. The molecule has 0 saturated heterocycles. The van der Waals surface area contributed by atoms with Crippen molar-refractivity contribution >= 4 is 5.71 Å². The van der Waals surface area contributed by atoms with Crippen LogP contribution in [0.1, 0.15) is 13.8 Å². The van der Waals surface area contributed by atoms with Crippen molar-refractivity contribution in [3.05, 3.63) is 24.1 Å². The average molecular weight is 182 g/mol. The van der Waals surface area contributed by atoms with Crippen molar-refractivity contribution in [3.8, 4) is 0 Å². The van der Waals surface area contributed by atoms with Gasteiger partial charge in [0.1, 0.15) is 5.71 Å². The van der Waals surface area contributed by atoms with Gasteiger partial charge in [-0.05, 0) is 12.0 Å². The molecule has 0 saturated carbocycles. The first kappa shape index (κ1) is 11.8. The van der Waals surface area contributed by atoms with Crippen molar-refractivity contribution in [1.82, 2.24) is 0 Å². The lowest BCUT2D eigenvalue weighted by Gasteiger charge is -2.04. The minimum atomic E-state index is 0.493. The summed E-state index contributed by atoms with van der Waals surface area (Å²) in [4.78, 5) is 4.06. The van der Waals surface area contributed by atoms with Crippen LogP contribution < -0.4 is 5.73 Å². The van der Waals surface area contributed by atoms with Gasteiger partial charge < -0.3 is 10.5 Å². The topological polar surface area (TPSA) is 47.6 Å². The normalized spacial score (nSPS) is 14.2. The molecule has 0 rings (SSSR count). The molecule has 0 unspecified atom stereocenters. The molecule has 0 heterocycles. The lowest BCUT2D eigenvalue weighted by atomic mass is 10.1. The monoisotopic (exact) mass is 182 g/mol. The van der Waals surface area contributed by atoms with Gasteiger partial charge in [0.05, 0.1) is 7.11 Å². The summed E-state index contributed by atoms with van der Waals surface area (Å²) in [6.07, 6.45) is 5.37. The zero-order chi connectivity index (χ0) is 10.3. The van der Waals surface area contributed by atoms with Crippen LogP contribution in [0.2, 0.25) is 0 Å². The number of hydrogen-bond acceptors (Lipinski definition) is 3.